The van der Waals surface area contributed by atoms with Crippen molar-refractivity contribution in [3.05, 3.63) is 11.9 Å². The minimum atomic E-state index is -0.0500. The molecule has 17 heavy (non-hydrogen) atoms. The van der Waals surface area contributed by atoms with Crippen LogP contribution in [0.25, 0.3) is 0 Å². The van der Waals surface area contributed by atoms with Gasteiger partial charge in [0.25, 0.3) is 0 Å². The van der Waals surface area contributed by atoms with Gasteiger partial charge < -0.3 is 11.1 Å². The lowest BCUT2D eigenvalue weighted by molar-refractivity contribution is -0.122. The highest BCUT2D eigenvalue weighted by Crippen LogP contribution is 2.07. The summed E-state index contributed by atoms with van der Waals surface area (Å²) in [4.78, 5) is 11.6. The monoisotopic (exact) mass is 239 g/mol. The van der Waals surface area contributed by atoms with Crippen LogP contribution in [0.2, 0.25) is 0 Å². The minimum absolute atomic E-state index is 0.0500. The SMILES string of the molecule is CC(C)C(C)CNC(=O)Cn1cc(CN)nn1. The number of nitrogens with two attached hydrogens (primary N) is 1. The van der Waals surface area contributed by atoms with Crippen molar-refractivity contribution < 1.29 is 4.79 Å². The Kier molecular flexibility index (Phi) is 5.09. The molecule has 96 valence electrons. The smallest absolute Gasteiger partial charge is 0.241 e. The van der Waals surface area contributed by atoms with Crippen LogP contribution in [0.5, 0.6) is 0 Å². The highest BCUT2D eigenvalue weighted by molar-refractivity contribution is 5.75. The molecule has 0 radical (unpaired) electrons. The van der Waals surface area contributed by atoms with Gasteiger partial charge in [-0.15, -0.1) is 5.10 Å². The molecule has 1 unspecified atom stereocenters. The average molecular weight is 239 g/mol. The summed E-state index contributed by atoms with van der Waals surface area (Å²) in [6, 6.07) is 0. The van der Waals surface area contributed by atoms with E-state index in [0.717, 1.165) is 0 Å². The van der Waals surface area contributed by atoms with Gasteiger partial charge in [-0.05, 0) is 11.8 Å². The van der Waals surface area contributed by atoms with Crippen LogP contribution in [0, 0.1) is 11.8 Å². The van der Waals surface area contributed by atoms with E-state index in [-0.39, 0.29) is 12.5 Å². The Morgan fingerprint density at radius 2 is 2.24 bits per heavy atom. The zero-order chi connectivity index (χ0) is 12.8. The molecule has 1 rings (SSSR count). The molecule has 0 spiro atoms. The second-order valence-corrected chi connectivity index (χ2v) is 4.64. The molecule has 0 fully saturated rings. The highest BCUT2D eigenvalue weighted by atomic mass is 16.2. The summed E-state index contributed by atoms with van der Waals surface area (Å²) >= 11 is 0. The van der Waals surface area contributed by atoms with E-state index in [9.17, 15) is 4.79 Å². The van der Waals surface area contributed by atoms with E-state index in [1.54, 1.807) is 6.20 Å². The normalized spacial score (nSPS) is 12.8. The molecule has 1 atom stereocenters. The maximum atomic E-state index is 11.6. The zero-order valence-corrected chi connectivity index (χ0v) is 10.7. The van der Waals surface area contributed by atoms with Gasteiger partial charge in [0, 0.05) is 13.1 Å². The summed E-state index contributed by atoms with van der Waals surface area (Å²) in [5.74, 6) is 0.978. The van der Waals surface area contributed by atoms with Crippen molar-refractivity contribution in [3.63, 3.8) is 0 Å². The number of carbonyl (C=O) groups is 1. The third-order valence-electron chi connectivity index (χ3n) is 2.86. The Balaban J connectivity index is 2.34. The summed E-state index contributed by atoms with van der Waals surface area (Å²) in [6.45, 7) is 7.62. The van der Waals surface area contributed by atoms with Gasteiger partial charge >= 0.3 is 0 Å². The maximum Gasteiger partial charge on any atom is 0.241 e. The Morgan fingerprint density at radius 1 is 1.53 bits per heavy atom. The molecule has 0 aliphatic heterocycles. The molecule has 0 saturated heterocycles. The average Bonchev–Trinajstić information content (AvgIpc) is 2.73. The number of carbonyl (C=O) groups excluding carboxylic acids is 1. The topological polar surface area (TPSA) is 85.8 Å². The molecule has 6 heteroatoms. The van der Waals surface area contributed by atoms with Gasteiger partial charge in [-0.25, -0.2) is 4.68 Å². The second kappa shape index (κ2) is 6.34. The highest BCUT2D eigenvalue weighted by Gasteiger charge is 2.10. The van der Waals surface area contributed by atoms with Crippen molar-refractivity contribution in [2.24, 2.45) is 17.6 Å². The van der Waals surface area contributed by atoms with E-state index in [0.29, 0.717) is 30.6 Å². The van der Waals surface area contributed by atoms with E-state index in [2.05, 4.69) is 36.4 Å². The first kappa shape index (κ1) is 13.6. The lowest BCUT2D eigenvalue weighted by Crippen LogP contribution is -2.32. The van der Waals surface area contributed by atoms with Crippen molar-refractivity contribution in [2.75, 3.05) is 6.54 Å². The van der Waals surface area contributed by atoms with Crippen molar-refractivity contribution in [1.29, 1.82) is 0 Å². The Morgan fingerprint density at radius 3 is 2.76 bits per heavy atom. The van der Waals surface area contributed by atoms with E-state index in [1.807, 2.05) is 0 Å². The molecular formula is C11H21N5O. The fourth-order valence-electron chi connectivity index (χ4n) is 1.22. The van der Waals surface area contributed by atoms with E-state index in [1.165, 1.54) is 4.68 Å². The van der Waals surface area contributed by atoms with E-state index >= 15 is 0 Å². The number of nitrogens with one attached hydrogen (secondary N) is 1. The molecule has 1 heterocycles. The fraction of sp³-hybridized carbons (Fsp3) is 0.727. The first-order valence-corrected chi connectivity index (χ1v) is 5.88. The number of nitrogens with zero attached hydrogens (tertiary/aromatic N) is 3. The van der Waals surface area contributed by atoms with E-state index < -0.39 is 0 Å². The van der Waals surface area contributed by atoms with Crippen molar-refractivity contribution in [3.8, 4) is 0 Å². The quantitative estimate of drug-likeness (QED) is 0.739. The van der Waals surface area contributed by atoms with Crippen LogP contribution >= 0.6 is 0 Å². The number of hydrogen-bond donors (Lipinski definition) is 2. The molecule has 6 nitrogen and oxygen atoms in total. The molecule has 1 amide bonds. The van der Waals surface area contributed by atoms with Crippen LogP contribution in [-0.4, -0.2) is 27.4 Å². The van der Waals surface area contributed by atoms with Crippen molar-refractivity contribution >= 4 is 5.91 Å². The third-order valence-corrected chi connectivity index (χ3v) is 2.86. The number of aromatic nitrogens is 3. The van der Waals surface area contributed by atoms with Crippen LogP contribution < -0.4 is 11.1 Å². The predicted molar refractivity (Wildman–Crippen MR) is 64.9 cm³/mol. The first-order chi connectivity index (χ1) is 8.02. The van der Waals surface area contributed by atoms with Crippen LogP contribution in [0.3, 0.4) is 0 Å². The van der Waals surface area contributed by atoms with Crippen LogP contribution in [0.1, 0.15) is 26.5 Å². The Labute approximate surface area is 102 Å². The molecule has 0 aliphatic carbocycles. The summed E-state index contributed by atoms with van der Waals surface area (Å²) in [5.41, 5.74) is 6.10. The molecule has 3 N–H and O–H groups in total. The van der Waals surface area contributed by atoms with Gasteiger partial charge in [-0.2, -0.15) is 0 Å². The van der Waals surface area contributed by atoms with Crippen molar-refractivity contribution in [2.45, 2.75) is 33.9 Å². The van der Waals surface area contributed by atoms with Gasteiger partial charge in [-0.1, -0.05) is 26.0 Å². The molecule has 0 aromatic carbocycles. The summed E-state index contributed by atoms with van der Waals surface area (Å²) < 4.78 is 1.50. The largest absolute Gasteiger partial charge is 0.354 e. The Bertz CT molecular complexity index is 360. The van der Waals surface area contributed by atoms with Crippen LogP contribution in [0.15, 0.2) is 6.20 Å². The van der Waals surface area contributed by atoms with E-state index in [4.69, 9.17) is 5.73 Å². The summed E-state index contributed by atoms with van der Waals surface area (Å²) in [5, 5.41) is 10.5. The minimum Gasteiger partial charge on any atom is -0.354 e. The zero-order valence-electron chi connectivity index (χ0n) is 10.7. The van der Waals surface area contributed by atoms with Gasteiger partial charge in [0.2, 0.25) is 5.91 Å². The second-order valence-electron chi connectivity index (χ2n) is 4.64. The standard InChI is InChI=1S/C11H21N5O/c1-8(2)9(3)5-13-11(17)7-16-6-10(4-12)14-15-16/h6,8-9H,4-5,7,12H2,1-3H3,(H,13,17). The lowest BCUT2D eigenvalue weighted by Gasteiger charge is -2.15. The predicted octanol–water partition coefficient (Wildman–Crippen LogP) is 0.145. The van der Waals surface area contributed by atoms with Crippen molar-refractivity contribution in [1.82, 2.24) is 20.3 Å². The Hall–Kier alpha value is -1.43. The molecular weight excluding hydrogens is 218 g/mol. The summed E-state index contributed by atoms with van der Waals surface area (Å²) in [6.07, 6.45) is 1.69. The van der Waals surface area contributed by atoms with Crippen LogP contribution in [0.4, 0.5) is 0 Å². The van der Waals surface area contributed by atoms with Gasteiger partial charge in [0.1, 0.15) is 6.54 Å². The third kappa shape index (κ3) is 4.52. The molecule has 1 aromatic rings. The van der Waals surface area contributed by atoms with Gasteiger partial charge in [-0.3, -0.25) is 4.79 Å². The fourth-order valence-corrected chi connectivity index (χ4v) is 1.22. The number of hydrogen-bond acceptors (Lipinski definition) is 4. The molecule has 0 bridgehead atoms. The number of rotatable bonds is 6. The summed E-state index contributed by atoms with van der Waals surface area (Å²) in [7, 11) is 0. The molecule has 1 aromatic heterocycles. The lowest BCUT2D eigenvalue weighted by atomic mass is 9.98. The molecule has 0 saturated carbocycles. The maximum absolute atomic E-state index is 11.6. The first-order valence-electron chi connectivity index (χ1n) is 5.88. The number of amides is 1. The van der Waals surface area contributed by atoms with Gasteiger partial charge in [0.05, 0.1) is 11.9 Å². The molecule has 0 aliphatic rings. The van der Waals surface area contributed by atoms with Gasteiger partial charge in [0.15, 0.2) is 0 Å². The van der Waals surface area contributed by atoms with Crippen LogP contribution in [-0.2, 0) is 17.9 Å².